The molecule has 1 saturated carbocycles. The highest BCUT2D eigenvalue weighted by molar-refractivity contribution is 5.94. The van der Waals surface area contributed by atoms with Gasteiger partial charge < -0.3 is 20.6 Å². The lowest BCUT2D eigenvalue weighted by Gasteiger charge is -2.30. The second-order valence-electron chi connectivity index (χ2n) is 10.0. The Bertz CT molecular complexity index is 1430. The number of aliphatic hydroxyl groups excluding tert-OH is 1. The molecular formula is C28H29N7O. The average Bonchev–Trinajstić information content (AvgIpc) is 3.73. The van der Waals surface area contributed by atoms with Gasteiger partial charge in [0.2, 0.25) is 0 Å². The number of rotatable bonds is 5. The summed E-state index contributed by atoms with van der Waals surface area (Å²) in [5.41, 5.74) is 5.36. The molecule has 0 radical (unpaired) electrons. The number of hydrogen-bond acceptors (Lipinski definition) is 8. The summed E-state index contributed by atoms with van der Waals surface area (Å²) in [6, 6.07) is 11.9. The molecule has 2 aliphatic carbocycles. The van der Waals surface area contributed by atoms with E-state index in [0.717, 1.165) is 54.0 Å². The van der Waals surface area contributed by atoms with Gasteiger partial charge in [-0.1, -0.05) is 24.3 Å². The van der Waals surface area contributed by atoms with Gasteiger partial charge in [0.15, 0.2) is 5.82 Å². The van der Waals surface area contributed by atoms with E-state index in [1.807, 2.05) is 36.7 Å². The van der Waals surface area contributed by atoms with Crippen molar-refractivity contribution >= 4 is 22.5 Å². The highest BCUT2D eigenvalue weighted by atomic mass is 16.3. The van der Waals surface area contributed by atoms with E-state index in [1.54, 1.807) is 6.20 Å². The van der Waals surface area contributed by atoms with E-state index in [9.17, 15) is 5.11 Å². The SMILES string of the molecule is O[C@H]1Cc2ccccc2[C@H]1Nc1cc(-c2nc(N3CCNCC3)c3c(C4CC4)cncc3n2)ccn1. The Morgan fingerprint density at radius 2 is 1.86 bits per heavy atom. The lowest BCUT2D eigenvalue weighted by atomic mass is 10.1. The number of fused-ring (bicyclic) bond motifs is 2. The van der Waals surface area contributed by atoms with E-state index < -0.39 is 6.10 Å². The predicted octanol–water partition coefficient (Wildman–Crippen LogP) is 3.44. The van der Waals surface area contributed by atoms with Crippen molar-refractivity contribution < 1.29 is 5.11 Å². The molecule has 1 aromatic carbocycles. The van der Waals surface area contributed by atoms with Crippen LogP contribution in [0.2, 0.25) is 0 Å². The lowest BCUT2D eigenvalue weighted by Crippen LogP contribution is -2.44. The lowest BCUT2D eigenvalue weighted by molar-refractivity contribution is 0.165. The van der Waals surface area contributed by atoms with Crippen molar-refractivity contribution in [1.82, 2.24) is 25.3 Å². The van der Waals surface area contributed by atoms with Crippen LogP contribution in [0.3, 0.4) is 0 Å². The first-order chi connectivity index (χ1) is 17.7. The number of nitrogens with zero attached hydrogens (tertiary/aromatic N) is 5. The molecular weight excluding hydrogens is 450 g/mol. The zero-order valence-electron chi connectivity index (χ0n) is 20.1. The van der Waals surface area contributed by atoms with Crippen molar-refractivity contribution in [2.45, 2.75) is 37.3 Å². The molecule has 1 aliphatic heterocycles. The molecule has 8 nitrogen and oxygen atoms in total. The van der Waals surface area contributed by atoms with E-state index in [4.69, 9.17) is 9.97 Å². The van der Waals surface area contributed by atoms with Gasteiger partial charge >= 0.3 is 0 Å². The van der Waals surface area contributed by atoms with Gasteiger partial charge in [0.25, 0.3) is 0 Å². The quantitative estimate of drug-likeness (QED) is 0.400. The highest BCUT2D eigenvalue weighted by Gasteiger charge is 2.31. The smallest absolute Gasteiger partial charge is 0.162 e. The second kappa shape index (κ2) is 8.80. The molecule has 7 rings (SSSR count). The van der Waals surface area contributed by atoms with Crippen LogP contribution in [-0.4, -0.2) is 57.3 Å². The van der Waals surface area contributed by atoms with Gasteiger partial charge in [-0.05, 0) is 47.6 Å². The van der Waals surface area contributed by atoms with Crippen molar-refractivity contribution in [3.8, 4) is 11.4 Å². The number of anilines is 2. The van der Waals surface area contributed by atoms with Crippen LogP contribution in [0.25, 0.3) is 22.3 Å². The van der Waals surface area contributed by atoms with Crippen molar-refractivity contribution in [2.24, 2.45) is 0 Å². The summed E-state index contributed by atoms with van der Waals surface area (Å²) in [6.07, 6.45) is 8.22. The molecule has 1 saturated heterocycles. The molecule has 8 heteroatoms. The molecule has 0 spiro atoms. The van der Waals surface area contributed by atoms with Gasteiger partial charge in [-0.2, -0.15) is 0 Å². The summed E-state index contributed by atoms with van der Waals surface area (Å²) >= 11 is 0. The molecule has 4 heterocycles. The second-order valence-corrected chi connectivity index (χ2v) is 10.0. The maximum Gasteiger partial charge on any atom is 0.162 e. The van der Waals surface area contributed by atoms with Crippen LogP contribution in [0.1, 0.15) is 41.5 Å². The number of nitrogens with one attached hydrogen (secondary N) is 2. The minimum atomic E-state index is -0.490. The van der Waals surface area contributed by atoms with Gasteiger partial charge in [-0.3, -0.25) is 4.98 Å². The van der Waals surface area contributed by atoms with E-state index in [1.165, 1.54) is 24.0 Å². The fourth-order valence-corrected chi connectivity index (χ4v) is 5.58. The number of aromatic nitrogens is 4. The van der Waals surface area contributed by atoms with E-state index in [0.29, 0.717) is 24.0 Å². The first-order valence-corrected chi connectivity index (χ1v) is 12.8. The van der Waals surface area contributed by atoms with Crippen LogP contribution in [0, 0.1) is 0 Å². The fourth-order valence-electron chi connectivity index (χ4n) is 5.58. The Labute approximate surface area is 209 Å². The molecule has 0 unspecified atom stereocenters. The largest absolute Gasteiger partial charge is 0.390 e. The Morgan fingerprint density at radius 1 is 1.00 bits per heavy atom. The monoisotopic (exact) mass is 479 g/mol. The van der Waals surface area contributed by atoms with E-state index in [-0.39, 0.29) is 6.04 Å². The van der Waals surface area contributed by atoms with Crippen LogP contribution in [0.15, 0.2) is 55.0 Å². The van der Waals surface area contributed by atoms with Crippen molar-refractivity contribution in [2.75, 3.05) is 36.4 Å². The molecule has 2 atom stereocenters. The maximum atomic E-state index is 10.7. The molecule has 3 aliphatic rings. The van der Waals surface area contributed by atoms with Crippen molar-refractivity contribution in [3.05, 3.63) is 71.7 Å². The van der Waals surface area contributed by atoms with Crippen molar-refractivity contribution in [1.29, 1.82) is 0 Å². The fraction of sp³-hybridized carbons (Fsp3) is 0.357. The zero-order valence-corrected chi connectivity index (χ0v) is 20.1. The minimum Gasteiger partial charge on any atom is -0.390 e. The van der Waals surface area contributed by atoms with Crippen molar-refractivity contribution in [3.63, 3.8) is 0 Å². The summed E-state index contributed by atoms with van der Waals surface area (Å²) in [4.78, 5) is 21.6. The van der Waals surface area contributed by atoms with E-state index in [2.05, 4.69) is 37.6 Å². The number of hydrogen-bond donors (Lipinski definition) is 3. The third-order valence-electron chi connectivity index (χ3n) is 7.58. The van der Waals surface area contributed by atoms with E-state index >= 15 is 0 Å². The van der Waals surface area contributed by atoms with Crippen LogP contribution in [-0.2, 0) is 6.42 Å². The molecule has 3 N–H and O–H groups in total. The normalized spacial score (nSPS) is 21.5. The Hall–Kier alpha value is -3.62. The van der Waals surface area contributed by atoms with Gasteiger partial charge in [0.05, 0.1) is 23.9 Å². The Morgan fingerprint density at radius 3 is 2.72 bits per heavy atom. The molecule has 36 heavy (non-hydrogen) atoms. The molecule has 0 bridgehead atoms. The van der Waals surface area contributed by atoms with Crippen LogP contribution < -0.4 is 15.5 Å². The first kappa shape index (κ1) is 21.6. The minimum absolute atomic E-state index is 0.191. The number of aliphatic hydroxyl groups is 1. The highest BCUT2D eigenvalue weighted by Crippen LogP contribution is 2.45. The summed E-state index contributed by atoms with van der Waals surface area (Å²) in [5.74, 6) is 2.94. The first-order valence-electron chi connectivity index (χ1n) is 12.8. The van der Waals surface area contributed by atoms with Gasteiger partial charge in [0.1, 0.15) is 11.6 Å². The zero-order chi connectivity index (χ0) is 24.1. The Balaban J connectivity index is 1.28. The third-order valence-corrected chi connectivity index (χ3v) is 7.58. The number of benzene rings is 1. The summed E-state index contributed by atoms with van der Waals surface area (Å²) in [7, 11) is 0. The number of piperazine rings is 1. The molecule has 4 aromatic rings. The van der Waals surface area contributed by atoms with Gasteiger partial charge in [0, 0.05) is 55.9 Å². The molecule has 3 aromatic heterocycles. The molecule has 2 fully saturated rings. The van der Waals surface area contributed by atoms with Crippen LogP contribution in [0.5, 0.6) is 0 Å². The summed E-state index contributed by atoms with van der Waals surface area (Å²) in [6.45, 7) is 3.72. The van der Waals surface area contributed by atoms with Gasteiger partial charge in [-0.25, -0.2) is 15.0 Å². The number of pyridine rings is 2. The topological polar surface area (TPSA) is 99.1 Å². The Kier molecular flexibility index (Phi) is 5.29. The molecule has 182 valence electrons. The summed E-state index contributed by atoms with van der Waals surface area (Å²) < 4.78 is 0. The summed E-state index contributed by atoms with van der Waals surface area (Å²) in [5, 5.41) is 18.8. The van der Waals surface area contributed by atoms with Crippen LogP contribution in [0.4, 0.5) is 11.6 Å². The third kappa shape index (κ3) is 3.86. The maximum absolute atomic E-state index is 10.7. The van der Waals surface area contributed by atoms with Gasteiger partial charge in [-0.15, -0.1) is 0 Å². The standard InChI is InChI=1S/C28H29N7O/c36-23-13-18-3-1-2-4-20(18)26(23)33-24-14-19(7-8-31-24)27-32-22-16-30-15-21(17-5-6-17)25(22)28(34-27)35-11-9-29-10-12-35/h1-4,7-8,14-17,23,26,29,36H,5-6,9-13H2,(H,31,33)/t23-,26+/m0/s1. The molecule has 0 amide bonds. The average molecular weight is 480 g/mol. The predicted molar refractivity (Wildman–Crippen MR) is 140 cm³/mol. The van der Waals surface area contributed by atoms with Crippen LogP contribution >= 0.6 is 0 Å².